The van der Waals surface area contributed by atoms with E-state index in [9.17, 15) is 9.90 Å². The summed E-state index contributed by atoms with van der Waals surface area (Å²) in [6.07, 6.45) is 1.63. The maximum Gasteiger partial charge on any atom is 0.203 e. The maximum absolute atomic E-state index is 12.8. The van der Waals surface area contributed by atoms with Crippen molar-refractivity contribution in [1.82, 2.24) is 0 Å². The van der Waals surface area contributed by atoms with Gasteiger partial charge in [-0.3, -0.25) is 4.79 Å². The van der Waals surface area contributed by atoms with Gasteiger partial charge in [0.05, 0.1) is 40.1 Å². The molecule has 27 heavy (non-hydrogen) atoms. The molecule has 0 spiro atoms. The quantitative estimate of drug-likeness (QED) is 0.711. The van der Waals surface area contributed by atoms with Crippen molar-refractivity contribution < 1.29 is 28.5 Å². The minimum absolute atomic E-state index is 0.0907. The smallest absolute Gasteiger partial charge is 0.203 e. The second kappa shape index (κ2) is 7.49. The van der Waals surface area contributed by atoms with E-state index >= 15 is 0 Å². The molecule has 7 heteroatoms. The Labute approximate surface area is 155 Å². The third-order valence-electron chi connectivity index (χ3n) is 4.29. The van der Waals surface area contributed by atoms with Crippen LogP contribution in [0.25, 0.3) is 11.0 Å². The molecule has 142 valence electrons. The summed E-state index contributed by atoms with van der Waals surface area (Å²) in [4.78, 5) is 12.8. The zero-order valence-corrected chi connectivity index (χ0v) is 15.5. The lowest BCUT2D eigenvalue weighted by molar-refractivity contribution is 0.324. The summed E-state index contributed by atoms with van der Waals surface area (Å²) in [6, 6.07) is 6.64. The average Bonchev–Trinajstić information content (AvgIpc) is 2.69. The number of hydrogen-bond donors (Lipinski definition) is 1. The first-order valence-corrected chi connectivity index (χ1v) is 8.13. The number of methoxy groups -OCH3 is 4. The van der Waals surface area contributed by atoms with Crippen LogP contribution in [0.1, 0.15) is 11.1 Å². The molecule has 0 amide bonds. The lowest BCUT2D eigenvalue weighted by atomic mass is 10.0. The van der Waals surface area contributed by atoms with Crippen LogP contribution in [-0.4, -0.2) is 33.5 Å². The van der Waals surface area contributed by atoms with Gasteiger partial charge < -0.3 is 28.5 Å². The van der Waals surface area contributed by atoms with E-state index in [4.69, 9.17) is 23.4 Å². The molecule has 1 heterocycles. The van der Waals surface area contributed by atoms with Crippen LogP contribution in [0.3, 0.4) is 0 Å². The van der Waals surface area contributed by atoms with Crippen molar-refractivity contribution in [1.29, 1.82) is 0 Å². The predicted octanol–water partition coefficient (Wildman–Crippen LogP) is 3.12. The van der Waals surface area contributed by atoms with Crippen molar-refractivity contribution in [2.75, 3.05) is 28.4 Å². The molecule has 3 aromatic rings. The summed E-state index contributed by atoms with van der Waals surface area (Å²) in [5, 5.41) is 10.4. The van der Waals surface area contributed by atoms with E-state index in [0.29, 0.717) is 29.2 Å². The summed E-state index contributed by atoms with van der Waals surface area (Å²) in [6.45, 7) is 0. The molecule has 2 aromatic carbocycles. The van der Waals surface area contributed by atoms with Crippen molar-refractivity contribution >= 4 is 11.0 Å². The maximum atomic E-state index is 12.8. The van der Waals surface area contributed by atoms with Gasteiger partial charge in [0.1, 0.15) is 0 Å². The molecule has 0 aliphatic rings. The Balaban J connectivity index is 2.07. The van der Waals surface area contributed by atoms with Crippen molar-refractivity contribution in [3.63, 3.8) is 0 Å². The average molecular weight is 372 g/mol. The molecular weight excluding hydrogens is 352 g/mol. The Morgan fingerprint density at radius 1 is 0.926 bits per heavy atom. The second-order valence-corrected chi connectivity index (χ2v) is 5.79. The van der Waals surface area contributed by atoms with Crippen LogP contribution in [0.15, 0.2) is 39.7 Å². The van der Waals surface area contributed by atoms with Crippen LogP contribution >= 0.6 is 0 Å². The van der Waals surface area contributed by atoms with Gasteiger partial charge in [-0.15, -0.1) is 0 Å². The fraction of sp³-hybridized carbons (Fsp3) is 0.250. The Morgan fingerprint density at radius 2 is 1.56 bits per heavy atom. The zero-order chi connectivity index (χ0) is 19.6. The molecule has 0 fully saturated rings. The van der Waals surface area contributed by atoms with E-state index in [1.54, 1.807) is 18.2 Å². The van der Waals surface area contributed by atoms with E-state index in [0.717, 1.165) is 5.56 Å². The highest BCUT2D eigenvalue weighted by atomic mass is 16.5. The lowest BCUT2D eigenvalue weighted by Crippen LogP contribution is -2.09. The van der Waals surface area contributed by atoms with Crippen LogP contribution in [0, 0.1) is 0 Å². The van der Waals surface area contributed by atoms with Crippen molar-refractivity contribution in [2.45, 2.75) is 6.42 Å². The van der Waals surface area contributed by atoms with E-state index in [1.807, 2.05) is 0 Å². The summed E-state index contributed by atoms with van der Waals surface area (Å²) in [7, 11) is 6.01. The minimum atomic E-state index is -0.233. The van der Waals surface area contributed by atoms with Gasteiger partial charge in [-0.1, -0.05) is 0 Å². The first-order chi connectivity index (χ1) is 13.0. The molecule has 1 N–H and O–H groups in total. The molecule has 3 rings (SSSR count). The second-order valence-electron chi connectivity index (χ2n) is 5.79. The summed E-state index contributed by atoms with van der Waals surface area (Å²) < 4.78 is 26.6. The summed E-state index contributed by atoms with van der Waals surface area (Å²) >= 11 is 0. The fourth-order valence-electron chi connectivity index (χ4n) is 2.95. The third-order valence-corrected chi connectivity index (χ3v) is 4.29. The van der Waals surface area contributed by atoms with Gasteiger partial charge in [-0.05, 0) is 29.8 Å². The predicted molar refractivity (Wildman–Crippen MR) is 99.6 cm³/mol. The Kier molecular flexibility index (Phi) is 5.12. The molecule has 0 atom stereocenters. The number of rotatable bonds is 6. The molecule has 0 saturated heterocycles. The number of ether oxygens (including phenoxy) is 4. The molecule has 7 nitrogen and oxygen atoms in total. The van der Waals surface area contributed by atoms with Gasteiger partial charge in [0, 0.05) is 12.0 Å². The largest absolute Gasteiger partial charge is 0.502 e. The van der Waals surface area contributed by atoms with Crippen LogP contribution < -0.4 is 24.4 Å². The molecule has 0 aliphatic heterocycles. The molecular formula is C20H20O7. The van der Waals surface area contributed by atoms with E-state index < -0.39 is 0 Å². The van der Waals surface area contributed by atoms with Gasteiger partial charge in [0.2, 0.25) is 11.5 Å². The van der Waals surface area contributed by atoms with Gasteiger partial charge in [0.15, 0.2) is 28.3 Å². The van der Waals surface area contributed by atoms with E-state index in [2.05, 4.69) is 0 Å². The first kappa shape index (κ1) is 18.4. The molecule has 0 saturated carbocycles. The molecule has 0 radical (unpaired) electrons. The number of phenols is 1. The Hall–Kier alpha value is -3.35. The topological polar surface area (TPSA) is 87.4 Å². The van der Waals surface area contributed by atoms with Crippen LogP contribution in [0.4, 0.5) is 0 Å². The number of benzene rings is 2. The standard InChI is InChI=1S/C20H20O7/c1-23-14-6-5-13-17(21)12(10-27-19(13)18(14)22)7-11-8-15(24-2)20(26-4)16(9-11)25-3/h5-6,8-10,22H,7H2,1-4H3. The summed E-state index contributed by atoms with van der Waals surface area (Å²) in [5.41, 5.74) is 1.08. The SMILES string of the molecule is COc1cc(Cc2coc3c(O)c(OC)ccc3c2=O)cc(OC)c1OC. The number of fused-ring (bicyclic) bond motifs is 1. The molecule has 0 bridgehead atoms. The van der Waals surface area contributed by atoms with Gasteiger partial charge in [-0.25, -0.2) is 0 Å². The normalized spacial score (nSPS) is 10.7. The summed E-state index contributed by atoms with van der Waals surface area (Å²) in [5.74, 6) is 1.51. The zero-order valence-electron chi connectivity index (χ0n) is 15.5. The van der Waals surface area contributed by atoms with Crippen molar-refractivity contribution in [3.05, 3.63) is 51.9 Å². The Bertz CT molecular complexity index is 1010. The van der Waals surface area contributed by atoms with Crippen LogP contribution in [-0.2, 0) is 6.42 Å². The molecule has 1 aromatic heterocycles. The molecule has 0 unspecified atom stereocenters. The highest BCUT2D eigenvalue weighted by molar-refractivity contribution is 5.85. The van der Waals surface area contributed by atoms with Gasteiger partial charge >= 0.3 is 0 Å². The fourth-order valence-corrected chi connectivity index (χ4v) is 2.95. The third kappa shape index (κ3) is 3.23. The van der Waals surface area contributed by atoms with Gasteiger partial charge in [0.25, 0.3) is 0 Å². The van der Waals surface area contributed by atoms with Crippen molar-refractivity contribution in [2.24, 2.45) is 0 Å². The minimum Gasteiger partial charge on any atom is -0.502 e. The van der Waals surface area contributed by atoms with Crippen molar-refractivity contribution in [3.8, 4) is 28.7 Å². The van der Waals surface area contributed by atoms with Crippen LogP contribution in [0.2, 0.25) is 0 Å². The van der Waals surface area contributed by atoms with Gasteiger partial charge in [-0.2, -0.15) is 0 Å². The highest BCUT2D eigenvalue weighted by Gasteiger charge is 2.17. The first-order valence-electron chi connectivity index (χ1n) is 8.13. The number of phenolic OH excluding ortho intramolecular Hbond substituents is 1. The number of hydrogen-bond acceptors (Lipinski definition) is 7. The van der Waals surface area contributed by atoms with E-state index in [-0.39, 0.29) is 27.9 Å². The number of aromatic hydroxyl groups is 1. The van der Waals surface area contributed by atoms with E-state index in [1.165, 1.54) is 40.8 Å². The highest BCUT2D eigenvalue weighted by Crippen LogP contribution is 2.39. The lowest BCUT2D eigenvalue weighted by Gasteiger charge is -2.14. The Morgan fingerprint density at radius 3 is 2.11 bits per heavy atom. The van der Waals surface area contributed by atoms with Crippen LogP contribution in [0.5, 0.6) is 28.7 Å². The monoisotopic (exact) mass is 372 g/mol. The molecule has 0 aliphatic carbocycles.